The Morgan fingerprint density at radius 2 is 1.93 bits per heavy atom. The van der Waals surface area contributed by atoms with Crippen molar-refractivity contribution in [3.8, 4) is 0 Å². The van der Waals surface area contributed by atoms with Crippen LogP contribution in [0.15, 0.2) is 5.16 Å². The van der Waals surface area contributed by atoms with E-state index in [1.165, 1.54) is 0 Å². The van der Waals surface area contributed by atoms with Crippen LogP contribution in [-0.4, -0.2) is 31.3 Å². The van der Waals surface area contributed by atoms with Gasteiger partial charge in [-0.25, -0.2) is 13.1 Å². The second-order valence-corrected chi connectivity index (χ2v) is 4.90. The highest BCUT2D eigenvalue weighted by Gasteiger charge is 2.34. The number of nitrogens with zero attached hydrogens (tertiary/aromatic N) is 1. The highest BCUT2D eigenvalue weighted by atomic mass is 32.2. The third-order valence-corrected chi connectivity index (χ3v) is 2.95. The molecular weight excluding hydrogens is 206 g/mol. The Morgan fingerprint density at radius 3 is 2.14 bits per heavy atom. The number of hydrogen-bond donors (Lipinski definition) is 3. The molecule has 84 valence electrons. The van der Waals surface area contributed by atoms with Crippen LogP contribution in [0.3, 0.4) is 0 Å². The number of sulfonamides is 1. The van der Waals surface area contributed by atoms with Crippen molar-refractivity contribution in [1.82, 2.24) is 4.72 Å². The van der Waals surface area contributed by atoms with E-state index in [2.05, 4.69) is 9.88 Å². The summed E-state index contributed by atoms with van der Waals surface area (Å²) in [4.78, 5) is 0. The molecule has 0 spiro atoms. The maximum Gasteiger partial charge on any atom is 0.209 e. The number of rotatable bonds is 5. The van der Waals surface area contributed by atoms with Crippen LogP contribution in [0.4, 0.5) is 0 Å². The maximum atomic E-state index is 11.1. The predicted octanol–water partition coefficient (Wildman–Crippen LogP) is -0.159. The Morgan fingerprint density at radius 1 is 1.50 bits per heavy atom. The molecule has 0 aromatic rings. The molecule has 0 fully saturated rings. The van der Waals surface area contributed by atoms with E-state index in [1.54, 1.807) is 13.8 Å². The summed E-state index contributed by atoms with van der Waals surface area (Å²) in [6.45, 7) is 3.53. The van der Waals surface area contributed by atoms with Gasteiger partial charge in [0, 0.05) is 0 Å². The monoisotopic (exact) mass is 223 g/mol. The largest absolute Gasteiger partial charge is 0.409 e. The van der Waals surface area contributed by atoms with Gasteiger partial charge in [0.25, 0.3) is 0 Å². The van der Waals surface area contributed by atoms with Crippen LogP contribution in [0.2, 0.25) is 0 Å². The van der Waals surface area contributed by atoms with Crippen molar-refractivity contribution in [3.63, 3.8) is 0 Å². The van der Waals surface area contributed by atoms with Gasteiger partial charge in [-0.1, -0.05) is 19.0 Å². The van der Waals surface area contributed by atoms with Crippen molar-refractivity contribution >= 4 is 15.9 Å². The average Bonchev–Trinajstić information content (AvgIpc) is 2.11. The molecule has 14 heavy (non-hydrogen) atoms. The Kier molecular flexibility index (Phi) is 4.34. The lowest BCUT2D eigenvalue weighted by atomic mass is 9.93. The molecule has 6 nitrogen and oxygen atoms in total. The van der Waals surface area contributed by atoms with E-state index in [9.17, 15) is 8.42 Å². The quantitative estimate of drug-likeness (QED) is 0.261. The Bertz CT molecular complexity index is 306. The van der Waals surface area contributed by atoms with Crippen molar-refractivity contribution in [3.05, 3.63) is 0 Å². The average molecular weight is 223 g/mol. The van der Waals surface area contributed by atoms with E-state index in [-0.39, 0.29) is 5.84 Å². The van der Waals surface area contributed by atoms with E-state index in [0.717, 1.165) is 6.26 Å². The van der Waals surface area contributed by atoms with Gasteiger partial charge in [-0.05, 0) is 12.8 Å². The van der Waals surface area contributed by atoms with Gasteiger partial charge >= 0.3 is 0 Å². The van der Waals surface area contributed by atoms with Gasteiger partial charge in [-0.3, -0.25) is 0 Å². The molecule has 0 atom stereocenters. The summed E-state index contributed by atoms with van der Waals surface area (Å²) in [7, 11) is -3.38. The number of nitrogens with one attached hydrogen (secondary N) is 1. The zero-order valence-corrected chi connectivity index (χ0v) is 9.43. The second-order valence-electron chi connectivity index (χ2n) is 3.15. The van der Waals surface area contributed by atoms with Gasteiger partial charge in [0.05, 0.1) is 11.8 Å². The summed E-state index contributed by atoms with van der Waals surface area (Å²) < 4.78 is 24.5. The van der Waals surface area contributed by atoms with Crippen molar-refractivity contribution in [2.45, 2.75) is 32.2 Å². The topological polar surface area (TPSA) is 105 Å². The minimum absolute atomic E-state index is 0.118. The predicted molar refractivity (Wildman–Crippen MR) is 54.7 cm³/mol. The third-order valence-electron chi connectivity index (χ3n) is 2.19. The van der Waals surface area contributed by atoms with E-state index < -0.39 is 15.6 Å². The summed E-state index contributed by atoms with van der Waals surface area (Å²) in [5.41, 5.74) is 4.47. The SMILES string of the molecule is CCC(CC)(NS(C)(=O)=O)/C(N)=N/O. The van der Waals surface area contributed by atoms with Crippen molar-refractivity contribution in [2.24, 2.45) is 10.9 Å². The minimum atomic E-state index is -3.38. The minimum Gasteiger partial charge on any atom is -0.409 e. The molecule has 0 radical (unpaired) electrons. The van der Waals surface area contributed by atoms with Crippen LogP contribution in [0, 0.1) is 0 Å². The Balaban J connectivity index is 5.10. The molecule has 0 bridgehead atoms. The lowest BCUT2D eigenvalue weighted by molar-refractivity contribution is 0.307. The van der Waals surface area contributed by atoms with Crippen LogP contribution in [0.5, 0.6) is 0 Å². The first-order valence-electron chi connectivity index (χ1n) is 4.28. The highest BCUT2D eigenvalue weighted by molar-refractivity contribution is 7.88. The van der Waals surface area contributed by atoms with Crippen LogP contribution in [-0.2, 0) is 10.0 Å². The molecule has 4 N–H and O–H groups in total. The lowest BCUT2D eigenvalue weighted by Crippen LogP contribution is -2.56. The highest BCUT2D eigenvalue weighted by Crippen LogP contribution is 2.16. The first-order chi connectivity index (χ1) is 6.31. The van der Waals surface area contributed by atoms with Crippen LogP contribution < -0.4 is 10.5 Å². The molecule has 0 aliphatic carbocycles. The third kappa shape index (κ3) is 3.15. The lowest BCUT2D eigenvalue weighted by Gasteiger charge is -2.30. The molecule has 0 aromatic heterocycles. The molecule has 0 saturated heterocycles. The summed E-state index contributed by atoms with van der Waals surface area (Å²) >= 11 is 0. The molecule has 0 amide bonds. The fraction of sp³-hybridized carbons (Fsp3) is 0.857. The number of nitrogens with two attached hydrogens (primary N) is 1. The number of hydrogen-bond acceptors (Lipinski definition) is 4. The molecule has 0 aliphatic heterocycles. The molecule has 0 aromatic carbocycles. The molecule has 0 heterocycles. The standard InChI is InChI=1S/C7H17N3O3S/c1-4-7(5-2,6(8)9-11)10-14(3,12)13/h10-11H,4-5H2,1-3H3,(H2,8,9). The molecule has 0 saturated carbocycles. The molecule has 0 aliphatic rings. The normalized spacial score (nSPS) is 14.4. The number of amidine groups is 1. The molecular formula is C7H17N3O3S. The smallest absolute Gasteiger partial charge is 0.209 e. The number of oxime groups is 1. The van der Waals surface area contributed by atoms with Crippen molar-refractivity contribution < 1.29 is 13.6 Å². The van der Waals surface area contributed by atoms with Gasteiger partial charge in [0.2, 0.25) is 10.0 Å². The van der Waals surface area contributed by atoms with E-state index in [4.69, 9.17) is 10.9 Å². The summed E-state index contributed by atoms with van der Waals surface area (Å²) in [5, 5.41) is 11.4. The zero-order chi connectivity index (χ0) is 11.4. The maximum absolute atomic E-state index is 11.1. The van der Waals surface area contributed by atoms with E-state index >= 15 is 0 Å². The van der Waals surface area contributed by atoms with E-state index in [1.807, 2.05) is 0 Å². The van der Waals surface area contributed by atoms with Crippen LogP contribution in [0.1, 0.15) is 26.7 Å². The van der Waals surface area contributed by atoms with Crippen molar-refractivity contribution in [2.75, 3.05) is 6.26 Å². The summed E-state index contributed by atoms with van der Waals surface area (Å²) in [6.07, 6.45) is 1.89. The summed E-state index contributed by atoms with van der Waals surface area (Å²) in [5.74, 6) is -0.118. The van der Waals surface area contributed by atoms with Gasteiger partial charge in [-0.15, -0.1) is 0 Å². The van der Waals surface area contributed by atoms with Gasteiger partial charge < -0.3 is 10.9 Å². The first kappa shape index (κ1) is 13.2. The van der Waals surface area contributed by atoms with E-state index in [0.29, 0.717) is 12.8 Å². The molecule has 7 heteroatoms. The Labute approximate surface area is 84.2 Å². The fourth-order valence-corrected chi connectivity index (χ4v) is 2.36. The van der Waals surface area contributed by atoms with Crippen LogP contribution in [0.25, 0.3) is 0 Å². The van der Waals surface area contributed by atoms with Crippen molar-refractivity contribution in [1.29, 1.82) is 0 Å². The zero-order valence-electron chi connectivity index (χ0n) is 8.61. The van der Waals surface area contributed by atoms with Gasteiger partial charge in [0.15, 0.2) is 5.84 Å². The second kappa shape index (κ2) is 4.61. The Hall–Kier alpha value is -0.820. The molecule has 0 unspecified atom stereocenters. The molecule has 0 rings (SSSR count). The van der Waals surface area contributed by atoms with Gasteiger partial charge in [0.1, 0.15) is 0 Å². The van der Waals surface area contributed by atoms with Gasteiger partial charge in [-0.2, -0.15) is 0 Å². The van der Waals surface area contributed by atoms with Crippen LogP contribution >= 0.6 is 0 Å². The first-order valence-corrected chi connectivity index (χ1v) is 6.17. The fourth-order valence-electron chi connectivity index (χ4n) is 1.26. The summed E-state index contributed by atoms with van der Waals surface area (Å²) in [6, 6.07) is 0.